The zero-order valence-electron chi connectivity index (χ0n) is 17.8. The quantitative estimate of drug-likeness (QED) is 0.627. The molecule has 1 N–H and O–H groups in total. The molecule has 0 unspecified atom stereocenters. The van der Waals surface area contributed by atoms with E-state index >= 15 is 0 Å². The minimum atomic E-state index is -4.42. The Morgan fingerprint density at radius 1 is 1.00 bits per heavy atom. The summed E-state index contributed by atoms with van der Waals surface area (Å²) in [6.07, 6.45) is -2.93. The van der Waals surface area contributed by atoms with Gasteiger partial charge in [0.2, 0.25) is 5.91 Å². The van der Waals surface area contributed by atoms with Crippen molar-refractivity contribution in [2.75, 3.05) is 20.3 Å². The number of halogens is 3. The second-order valence-electron chi connectivity index (χ2n) is 7.37. The average molecular weight is 423 g/mol. The van der Waals surface area contributed by atoms with Gasteiger partial charge in [0.25, 0.3) is 0 Å². The van der Waals surface area contributed by atoms with Crippen LogP contribution in [0.15, 0.2) is 30.3 Å². The summed E-state index contributed by atoms with van der Waals surface area (Å²) < 4.78 is 46.9. The summed E-state index contributed by atoms with van der Waals surface area (Å²) in [5, 5.41) is 2.93. The first-order chi connectivity index (χ1) is 14.1. The van der Waals surface area contributed by atoms with Crippen LogP contribution in [-0.4, -0.2) is 32.3 Å². The van der Waals surface area contributed by atoms with Gasteiger partial charge in [0.15, 0.2) is 18.1 Å². The number of alkyl halides is 3. The van der Waals surface area contributed by atoms with Gasteiger partial charge in [0.05, 0.1) is 7.11 Å². The molecule has 0 bridgehead atoms. The largest absolute Gasteiger partial charge is 0.493 e. The van der Waals surface area contributed by atoms with Crippen LogP contribution >= 0.6 is 0 Å². The number of hydrogen-bond donors (Lipinski definition) is 1. The topological polar surface area (TPSA) is 47.6 Å². The number of nitrogens with one attached hydrogen (secondary N) is 1. The molecule has 0 atom stereocenters. The standard InChI is InChI=1S/C23H28F3NO3/c1-15-11-16(2)19(17(3)12-15)9-10-27-22(28)8-6-18-5-7-20(21(13-18)29-4)30-14-23(24,25)26/h5,7,11-13H,6,8-10,14H2,1-4H3,(H,27,28). The number of carbonyl (C=O) groups excluding carboxylic acids is 1. The molecule has 2 aromatic carbocycles. The van der Waals surface area contributed by atoms with Crippen LogP contribution in [0.5, 0.6) is 11.5 Å². The van der Waals surface area contributed by atoms with Gasteiger partial charge in [-0.1, -0.05) is 23.8 Å². The highest BCUT2D eigenvalue weighted by molar-refractivity contribution is 5.76. The van der Waals surface area contributed by atoms with E-state index in [1.165, 1.54) is 35.4 Å². The number of ether oxygens (including phenoxy) is 2. The molecule has 0 heterocycles. The third kappa shape index (κ3) is 7.28. The van der Waals surface area contributed by atoms with E-state index < -0.39 is 12.8 Å². The second-order valence-corrected chi connectivity index (χ2v) is 7.37. The molecular formula is C23H28F3NO3. The second kappa shape index (κ2) is 10.4. The maximum absolute atomic E-state index is 12.3. The van der Waals surface area contributed by atoms with Crippen LogP contribution in [0.1, 0.15) is 34.2 Å². The predicted octanol–water partition coefficient (Wildman–Crippen LogP) is 4.85. The van der Waals surface area contributed by atoms with E-state index in [0.717, 1.165) is 12.0 Å². The van der Waals surface area contributed by atoms with Gasteiger partial charge in [0, 0.05) is 13.0 Å². The monoisotopic (exact) mass is 423 g/mol. The van der Waals surface area contributed by atoms with Crippen molar-refractivity contribution in [2.45, 2.75) is 46.2 Å². The van der Waals surface area contributed by atoms with Crippen LogP contribution in [0, 0.1) is 20.8 Å². The highest BCUT2D eigenvalue weighted by atomic mass is 19.4. The maximum Gasteiger partial charge on any atom is 0.422 e. The SMILES string of the molecule is COc1cc(CCC(=O)NCCc2c(C)cc(C)cc2C)ccc1OCC(F)(F)F. The van der Waals surface area contributed by atoms with Gasteiger partial charge in [-0.25, -0.2) is 0 Å². The lowest BCUT2D eigenvalue weighted by atomic mass is 9.97. The van der Waals surface area contributed by atoms with Crippen molar-refractivity contribution in [1.82, 2.24) is 5.32 Å². The molecule has 2 aromatic rings. The van der Waals surface area contributed by atoms with E-state index in [4.69, 9.17) is 9.47 Å². The molecule has 0 saturated heterocycles. The summed E-state index contributed by atoms with van der Waals surface area (Å²) in [6, 6.07) is 8.94. The highest BCUT2D eigenvalue weighted by Crippen LogP contribution is 2.30. The molecule has 4 nitrogen and oxygen atoms in total. The number of hydrogen-bond acceptors (Lipinski definition) is 3. The summed E-state index contributed by atoms with van der Waals surface area (Å²) in [7, 11) is 1.36. The van der Waals surface area contributed by atoms with Crippen molar-refractivity contribution >= 4 is 5.91 Å². The van der Waals surface area contributed by atoms with Gasteiger partial charge in [0.1, 0.15) is 0 Å². The van der Waals surface area contributed by atoms with Crippen molar-refractivity contribution in [1.29, 1.82) is 0 Å². The Morgan fingerprint density at radius 3 is 2.27 bits per heavy atom. The smallest absolute Gasteiger partial charge is 0.422 e. The average Bonchev–Trinajstić information content (AvgIpc) is 2.66. The Balaban J connectivity index is 1.84. The molecule has 30 heavy (non-hydrogen) atoms. The minimum Gasteiger partial charge on any atom is -0.493 e. The Bertz CT molecular complexity index is 855. The first kappa shape index (κ1) is 23.6. The number of aryl methyl sites for hydroxylation is 4. The van der Waals surface area contributed by atoms with E-state index in [9.17, 15) is 18.0 Å². The molecule has 0 aliphatic heterocycles. The van der Waals surface area contributed by atoms with Crippen molar-refractivity contribution in [3.05, 3.63) is 58.1 Å². The summed E-state index contributed by atoms with van der Waals surface area (Å²) in [5.74, 6) is 0.156. The number of carbonyl (C=O) groups is 1. The van der Waals surface area contributed by atoms with Gasteiger partial charge in [-0.15, -0.1) is 0 Å². The molecule has 1 amide bonds. The third-order valence-corrected chi connectivity index (χ3v) is 4.80. The van der Waals surface area contributed by atoms with E-state index in [-0.39, 0.29) is 23.8 Å². The number of amides is 1. The van der Waals surface area contributed by atoms with Crippen molar-refractivity contribution < 1.29 is 27.4 Å². The lowest BCUT2D eigenvalue weighted by Crippen LogP contribution is -2.26. The van der Waals surface area contributed by atoms with Crippen LogP contribution in [0.25, 0.3) is 0 Å². The van der Waals surface area contributed by atoms with E-state index in [2.05, 4.69) is 38.2 Å². The third-order valence-electron chi connectivity index (χ3n) is 4.80. The van der Waals surface area contributed by atoms with Crippen LogP contribution < -0.4 is 14.8 Å². The van der Waals surface area contributed by atoms with Crippen molar-refractivity contribution in [3.8, 4) is 11.5 Å². The fourth-order valence-corrected chi connectivity index (χ4v) is 3.42. The first-order valence-electron chi connectivity index (χ1n) is 9.79. The number of methoxy groups -OCH3 is 1. The number of benzene rings is 2. The minimum absolute atomic E-state index is 0.0202. The lowest BCUT2D eigenvalue weighted by molar-refractivity contribution is -0.153. The molecule has 0 saturated carbocycles. The van der Waals surface area contributed by atoms with Gasteiger partial charge in [-0.3, -0.25) is 4.79 Å². The van der Waals surface area contributed by atoms with Gasteiger partial charge < -0.3 is 14.8 Å². The molecule has 7 heteroatoms. The maximum atomic E-state index is 12.3. The summed E-state index contributed by atoms with van der Waals surface area (Å²) in [6.45, 7) is 5.39. The summed E-state index contributed by atoms with van der Waals surface area (Å²) >= 11 is 0. The molecular weight excluding hydrogens is 395 g/mol. The van der Waals surface area contributed by atoms with E-state index in [1.54, 1.807) is 12.1 Å². The Kier molecular flexibility index (Phi) is 8.15. The number of rotatable bonds is 9. The van der Waals surface area contributed by atoms with Crippen LogP contribution in [0.2, 0.25) is 0 Å². The molecule has 0 aromatic heterocycles. The zero-order chi connectivity index (χ0) is 22.3. The Morgan fingerprint density at radius 2 is 1.67 bits per heavy atom. The fraction of sp³-hybridized carbons (Fsp3) is 0.435. The van der Waals surface area contributed by atoms with Crippen LogP contribution in [0.4, 0.5) is 13.2 Å². The summed E-state index contributed by atoms with van der Waals surface area (Å²) in [5.41, 5.74) is 5.71. The van der Waals surface area contributed by atoms with E-state index in [0.29, 0.717) is 13.0 Å². The van der Waals surface area contributed by atoms with E-state index in [1.807, 2.05) is 0 Å². The molecule has 2 rings (SSSR count). The fourth-order valence-electron chi connectivity index (χ4n) is 3.42. The van der Waals surface area contributed by atoms with Crippen molar-refractivity contribution in [2.24, 2.45) is 0 Å². The molecule has 0 aliphatic carbocycles. The lowest BCUT2D eigenvalue weighted by Gasteiger charge is -2.14. The van der Waals surface area contributed by atoms with Gasteiger partial charge in [-0.2, -0.15) is 13.2 Å². The van der Waals surface area contributed by atoms with Crippen LogP contribution in [0.3, 0.4) is 0 Å². The normalized spacial score (nSPS) is 11.3. The molecule has 0 spiro atoms. The Labute approximate surface area is 175 Å². The molecule has 0 aliphatic rings. The van der Waals surface area contributed by atoms with Gasteiger partial charge >= 0.3 is 6.18 Å². The van der Waals surface area contributed by atoms with Gasteiger partial charge in [-0.05, 0) is 68.0 Å². The first-order valence-corrected chi connectivity index (χ1v) is 9.79. The molecule has 164 valence electrons. The Hall–Kier alpha value is -2.70. The summed E-state index contributed by atoms with van der Waals surface area (Å²) in [4.78, 5) is 12.2. The highest BCUT2D eigenvalue weighted by Gasteiger charge is 2.29. The zero-order valence-corrected chi connectivity index (χ0v) is 17.8. The molecule has 0 radical (unpaired) electrons. The van der Waals surface area contributed by atoms with Crippen LogP contribution in [-0.2, 0) is 17.6 Å². The predicted molar refractivity (Wildman–Crippen MR) is 110 cm³/mol. The molecule has 0 fully saturated rings. The van der Waals surface area contributed by atoms with Crippen molar-refractivity contribution in [3.63, 3.8) is 0 Å².